The van der Waals surface area contributed by atoms with Crippen molar-refractivity contribution in [1.82, 2.24) is 0 Å². The van der Waals surface area contributed by atoms with E-state index in [9.17, 15) is 4.79 Å². The molecule has 0 rings (SSSR count). The van der Waals surface area contributed by atoms with Crippen molar-refractivity contribution >= 4 is 5.97 Å². The van der Waals surface area contributed by atoms with Crippen LogP contribution >= 0.6 is 0 Å². The monoisotopic (exact) mass is 228 g/mol. The molecule has 2 nitrogen and oxygen atoms in total. The van der Waals surface area contributed by atoms with Gasteiger partial charge in [-0.15, -0.1) is 0 Å². The van der Waals surface area contributed by atoms with Gasteiger partial charge < -0.3 is 5.11 Å². The predicted molar refractivity (Wildman–Crippen MR) is 68.6 cm³/mol. The third-order valence-corrected chi connectivity index (χ3v) is 3.30. The molecule has 0 aromatic rings. The molecule has 0 saturated heterocycles. The standard InChI is InChI=1S/C14H28O2/c1-3-5-6-7-8-10-13(4-2)11-9-12-14(15)16/h13H,3-12H2,1-2H3,(H,15,16). The van der Waals surface area contributed by atoms with E-state index in [1.54, 1.807) is 0 Å². The second-order valence-corrected chi connectivity index (χ2v) is 4.76. The van der Waals surface area contributed by atoms with E-state index in [4.69, 9.17) is 5.11 Å². The molecule has 0 aromatic carbocycles. The highest BCUT2D eigenvalue weighted by atomic mass is 16.4. The van der Waals surface area contributed by atoms with Crippen molar-refractivity contribution in [2.75, 3.05) is 0 Å². The molecule has 0 aliphatic heterocycles. The van der Waals surface area contributed by atoms with E-state index >= 15 is 0 Å². The molecule has 1 unspecified atom stereocenters. The molecule has 0 aromatic heterocycles. The van der Waals surface area contributed by atoms with Crippen LogP contribution in [0.4, 0.5) is 0 Å². The Kier molecular flexibility index (Phi) is 10.6. The molecule has 2 heteroatoms. The Morgan fingerprint density at radius 1 is 1.00 bits per heavy atom. The van der Waals surface area contributed by atoms with Crippen LogP contribution in [0.2, 0.25) is 0 Å². The van der Waals surface area contributed by atoms with E-state index in [1.165, 1.54) is 44.9 Å². The normalized spacial score (nSPS) is 12.6. The number of aliphatic carboxylic acids is 1. The topological polar surface area (TPSA) is 37.3 Å². The van der Waals surface area contributed by atoms with Crippen LogP contribution in [0.25, 0.3) is 0 Å². The Morgan fingerprint density at radius 3 is 2.19 bits per heavy atom. The lowest BCUT2D eigenvalue weighted by Crippen LogP contribution is -2.01. The van der Waals surface area contributed by atoms with Crippen molar-refractivity contribution in [1.29, 1.82) is 0 Å². The number of rotatable bonds is 11. The highest BCUT2D eigenvalue weighted by Crippen LogP contribution is 2.20. The highest BCUT2D eigenvalue weighted by Gasteiger charge is 2.07. The minimum atomic E-state index is -0.655. The maximum atomic E-state index is 10.4. The number of hydrogen-bond donors (Lipinski definition) is 1. The molecule has 0 radical (unpaired) electrons. The second kappa shape index (κ2) is 11.0. The minimum absolute atomic E-state index is 0.340. The average molecular weight is 228 g/mol. The van der Waals surface area contributed by atoms with Gasteiger partial charge in [-0.2, -0.15) is 0 Å². The lowest BCUT2D eigenvalue weighted by Gasteiger charge is -2.13. The molecular formula is C14H28O2. The molecule has 0 spiro atoms. The molecule has 0 aliphatic rings. The Bertz CT molecular complexity index is 166. The third-order valence-electron chi connectivity index (χ3n) is 3.30. The Morgan fingerprint density at radius 2 is 1.62 bits per heavy atom. The minimum Gasteiger partial charge on any atom is -0.481 e. The molecule has 0 bridgehead atoms. The van der Waals surface area contributed by atoms with Crippen LogP contribution in [0.1, 0.15) is 78.1 Å². The highest BCUT2D eigenvalue weighted by molar-refractivity contribution is 5.66. The lowest BCUT2D eigenvalue weighted by atomic mass is 9.93. The summed E-state index contributed by atoms with van der Waals surface area (Å²) in [6.07, 6.45) is 11.5. The Balaban J connectivity index is 3.40. The molecular weight excluding hydrogens is 200 g/mol. The van der Waals surface area contributed by atoms with E-state index in [0.29, 0.717) is 6.42 Å². The molecule has 1 atom stereocenters. The van der Waals surface area contributed by atoms with Crippen LogP contribution in [-0.4, -0.2) is 11.1 Å². The zero-order chi connectivity index (χ0) is 12.2. The summed E-state index contributed by atoms with van der Waals surface area (Å²) in [6, 6.07) is 0. The van der Waals surface area contributed by atoms with Gasteiger partial charge in [0.2, 0.25) is 0 Å². The molecule has 0 saturated carbocycles. The molecule has 96 valence electrons. The molecule has 0 aliphatic carbocycles. The van der Waals surface area contributed by atoms with Crippen molar-refractivity contribution in [3.8, 4) is 0 Å². The summed E-state index contributed by atoms with van der Waals surface area (Å²) in [5, 5.41) is 8.57. The average Bonchev–Trinajstić information content (AvgIpc) is 2.26. The SMILES string of the molecule is CCCCCCCC(CC)CCCC(=O)O. The van der Waals surface area contributed by atoms with Gasteiger partial charge in [0, 0.05) is 6.42 Å². The smallest absolute Gasteiger partial charge is 0.303 e. The van der Waals surface area contributed by atoms with E-state index in [2.05, 4.69) is 13.8 Å². The second-order valence-electron chi connectivity index (χ2n) is 4.76. The van der Waals surface area contributed by atoms with E-state index in [1.807, 2.05) is 0 Å². The number of hydrogen-bond acceptors (Lipinski definition) is 1. The Labute approximate surface area is 100 Å². The van der Waals surface area contributed by atoms with Crippen LogP contribution in [-0.2, 0) is 4.79 Å². The summed E-state index contributed by atoms with van der Waals surface area (Å²) in [7, 11) is 0. The van der Waals surface area contributed by atoms with Crippen LogP contribution < -0.4 is 0 Å². The lowest BCUT2D eigenvalue weighted by molar-refractivity contribution is -0.137. The zero-order valence-corrected chi connectivity index (χ0v) is 11.0. The van der Waals surface area contributed by atoms with Crippen LogP contribution in [0.5, 0.6) is 0 Å². The fourth-order valence-corrected chi connectivity index (χ4v) is 2.13. The molecule has 16 heavy (non-hydrogen) atoms. The van der Waals surface area contributed by atoms with Crippen molar-refractivity contribution in [2.45, 2.75) is 78.1 Å². The van der Waals surface area contributed by atoms with Crippen molar-refractivity contribution in [3.63, 3.8) is 0 Å². The first-order valence-corrected chi connectivity index (χ1v) is 6.92. The quantitative estimate of drug-likeness (QED) is 0.523. The summed E-state index contributed by atoms with van der Waals surface area (Å²) >= 11 is 0. The molecule has 0 heterocycles. The maximum Gasteiger partial charge on any atom is 0.303 e. The van der Waals surface area contributed by atoms with Gasteiger partial charge >= 0.3 is 5.97 Å². The van der Waals surface area contributed by atoms with Crippen molar-refractivity contribution < 1.29 is 9.90 Å². The van der Waals surface area contributed by atoms with Gasteiger partial charge in [-0.25, -0.2) is 0 Å². The maximum absolute atomic E-state index is 10.4. The number of carboxylic acid groups (broad SMARTS) is 1. The predicted octanol–water partition coefficient (Wildman–Crippen LogP) is 4.63. The first kappa shape index (κ1) is 15.5. The van der Waals surface area contributed by atoms with E-state index in [0.717, 1.165) is 18.8 Å². The van der Waals surface area contributed by atoms with Gasteiger partial charge in [0.25, 0.3) is 0 Å². The Hall–Kier alpha value is -0.530. The summed E-state index contributed by atoms with van der Waals surface area (Å²) in [5.74, 6) is 0.0961. The van der Waals surface area contributed by atoms with Gasteiger partial charge in [0.1, 0.15) is 0 Å². The zero-order valence-electron chi connectivity index (χ0n) is 11.0. The third kappa shape index (κ3) is 10.0. The fourth-order valence-electron chi connectivity index (χ4n) is 2.13. The van der Waals surface area contributed by atoms with Crippen LogP contribution in [0.15, 0.2) is 0 Å². The van der Waals surface area contributed by atoms with Gasteiger partial charge in [0.15, 0.2) is 0 Å². The van der Waals surface area contributed by atoms with Gasteiger partial charge in [-0.3, -0.25) is 4.79 Å². The van der Waals surface area contributed by atoms with Gasteiger partial charge in [0.05, 0.1) is 0 Å². The summed E-state index contributed by atoms with van der Waals surface area (Å²) in [6.45, 7) is 4.46. The molecule has 0 amide bonds. The number of carboxylic acids is 1. The van der Waals surface area contributed by atoms with E-state index < -0.39 is 5.97 Å². The summed E-state index contributed by atoms with van der Waals surface area (Å²) in [4.78, 5) is 10.4. The summed E-state index contributed by atoms with van der Waals surface area (Å²) < 4.78 is 0. The number of unbranched alkanes of at least 4 members (excludes halogenated alkanes) is 4. The van der Waals surface area contributed by atoms with Gasteiger partial charge in [-0.05, 0) is 18.8 Å². The first-order chi connectivity index (χ1) is 7.70. The largest absolute Gasteiger partial charge is 0.481 e. The molecule has 1 N–H and O–H groups in total. The van der Waals surface area contributed by atoms with Crippen LogP contribution in [0.3, 0.4) is 0 Å². The molecule has 0 fully saturated rings. The summed E-state index contributed by atoms with van der Waals surface area (Å²) in [5.41, 5.74) is 0. The van der Waals surface area contributed by atoms with Gasteiger partial charge in [-0.1, -0.05) is 58.8 Å². The van der Waals surface area contributed by atoms with Crippen molar-refractivity contribution in [3.05, 3.63) is 0 Å². The first-order valence-electron chi connectivity index (χ1n) is 6.92. The van der Waals surface area contributed by atoms with Crippen molar-refractivity contribution in [2.24, 2.45) is 5.92 Å². The van der Waals surface area contributed by atoms with E-state index in [-0.39, 0.29) is 0 Å². The fraction of sp³-hybridized carbons (Fsp3) is 0.929. The van der Waals surface area contributed by atoms with Crippen LogP contribution in [0, 0.1) is 5.92 Å². The number of carbonyl (C=O) groups is 1.